The molecule has 0 saturated heterocycles. The SMILES string of the molecule is Cc1ccc(S(=O)(=O)OC(C)c2ccc(C(F)(F)F)cn2)cc1. The zero-order valence-electron chi connectivity index (χ0n) is 12.3. The Morgan fingerprint density at radius 2 is 1.70 bits per heavy atom. The van der Waals surface area contributed by atoms with Crippen molar-refractivity contribution in [1.82, 2.24) is 4.98 Å². The van der Waals surface area contributed by atoms with Crippen LogP contribution in [0.25, 0.3) is 0 Å². The van der Waals surface area contributed by atoms with Crippen LogP contribution in [0.3, 0.4) is 0 Å². The molecule has 23 heavy (non-hydrogen) atoms. The van der Waals surface area contributed by atoms with Gasteiger partial charge in [-0.25, -0.2) is 0 Å². The first kappa shape index (κ1) is 17.4. The molecule has 0 aliphatic carbocycles. The summed E-state index contributed by atoms with van der Waals surface area (Å²) in [7, 11) is -4.03. The quantitative estimate of drug-likeness (QED) is 0.789. The zero-order valence-corrected chi connectivity index (χ0v) is 13.1. The number of benzene rings is 1. The first-order valence-electron chi connectivity index (χ1n) is 6.63. The number of hydrogen-bond donors (Lipinski definition) is 0. The van der Waals surface area contributed by atoms with Crippen LogP contribution in [0.2, 0.25) is 0 Å². The molecule has 1 heterocycles. The van der Waals surface area contributed by atoms with Gasteiger partial charge in [0, 0.05) is 6.20 Å². The summed E-state index contributed by atoms with van der Waals surface area (Å²) in [5, 5.41) is 0. The molecule has 0 spiro atoms. The maximum Gasteiger partial charge on any atom is 0.417 e. The molecular weight excluding hydrogens is 331 g/mol. The topological polar surface area (TPSA) is 56.3 Å². The van der Waals surface area contributed by atoms with Crippen LogP contribution in [0.4, 0.5) is 13.2 Å². The summed E-state index contributed by atoms with van der Waals surface area (Å²) >= 11 is 0. The Hall–Kier alpha value is -1.93. The van der Waals surface area contributed by atoms with Crippen LogP contribution in [-0.2, 0) is 20.5 Å². The third kappa shape index (κ3) is 4.29. The molecule has 2 rings (SSSR count). The highest BCUT2D eigenvalue weighted by Crippen LogP contribution is 2.30. The minimum absolute atomic E-state index is 0.0261. The van der Waals surface area contributed by atoms with E-state index in [0.717, 1.165) is 17.7 Å². The summed E-state index contributed by atoms with van der Waals surface area (Å²) < 4.78 is 66.7. The van der Waals surface area contributed by atoms with Crippen molar-refractivity contribution < 1.29 is 25.8 Å². The van der Waals surface area contributed by atoms with Gasteiger partial charge in [0.15, 0.2) is 0 Å². The van der Waals surface area contributed by atoms with Crippen LogP contribution in [-0.4, -0.2) is 13.4 Å². The molecular formula is C15H14F3NO3S. The van der Waals surface area contributed by atoms with E-state index >= 15 is 0 Å². The lowest BCUT2D eigenvalue weighted by molar-refractivity contribution is -0.137. The molecule has 0 N–H and O–H groups in total. The molecule has 1 aromatic carbocycles. The molecule has 0 fully saturated rings. The molecule has 1 aromatic heterocycles. The smallest absolute Gasteiger partial charge is 0.258 e. The van der Waals surface area contributed by atoms with Crippen LogP contribution in [0.15, 0.2) is 47.5 Å². The van der Waals surface area contributed by atoms with Crippen LogP contribution in [0.1, 0.15) is 29.8 Å². The van der Waals surface area contributed by atoms with E-state index in [4.69, 9.17) is 4.18 Å². The molecule has 8 heteroatoms. The lowest BCUT2D eigenvalue weighted by Crippen LogP contribution is -2.12. The van der Waals surface area contributed by atoms with Gasteiger partial charge in [0.05, 0.1) is 16.2 Å². The Morgan fingerprint density at radius 3 is 2.17 bits per heavy atom. The second kappa shape index (κ2) is 6.29. The highest BCUT2D eigenvalue weighted by Gasteiger charge is 2.31. The number of hydrogen-bond acceptors (Lipinski definition) is 4. The summed E-state index contributed by atoms with van der Waals surface area (Å²) in [5.41, 5.74) is 0.0740. The summed E-state index contributed by atoms with van der Waals surface area (Å²) in [6.07, 6.45) is -4.86. The normalized spacial score (nSPS) is 13.8. The average Bonchev–Trinajstić information content (AvgIpc) is 2.46. The zero-order chi connectivity index (χ0) is 17.3. The summed E-state index contributed by atoms with van der Waals surface area (Å²) in [6, 6.07) is 7.97. The van der Waals surface area contributed by atoms with Crippen molar-refractivity contribution in [3.05, 3.63) is 59.4 Å². The molecule has 124 valence electrons. The van der Waals surface area contributed by atoms with Crippen LogP contribution in [0.5, 0.6) is 0 Å². The van der Waals surface area contributed by atoms with Crippen molar-refractivity contribution in [2.45, 2.75) is 31.0 Å². The minimum atomic E-state index is -4.50. The van der Waals surface area contributed by atoms with E-state index in [1.807, 2.05) is 6.92 Å². The monoisotopic (exact) mass is 345 g/mol. The molecule has 0 saturated carbocycles. The second-order valence-electron chi connectivity index (χ2n) is 4.98. The molecule has 0 bridgehead atoms. The van der Waals surface area contributed by atoms with Crippen molar-refractivity contribution >= 4 is 10.1 Å². The van der Waals surface area contributed by atoms with Crippen molar-refractivity contribution in [3.8, 4) is 0 Å². The number of alkyl halides is 3. The van der Waals surface area contributed by atoms with Gasteiger partial charge >= 0.3 is 6.18 Å². The lowest BCUT2D eigenvalue weighted by Gasteiger charge is -2.14. The van der Waals surface area contributed by atoms with Crippen molar-refractivity contribution in [1.29, 1.82) is 0 Å². The lowest BCUT2D eigenvalue weighted by atomic mass is 10.2. The van der Waals surface area contributed by atoms with E-state index in [1.165, 1.54) is 19.1 Å². The van der Waals surface area contributed by atoms with E-state index in [1.54, 1.807) is 12.1 Å². The van der Waals surface area contributed by atoms with Crippen LogP contribution in [0, 0.1) is 6.92 Å². The number of aromatic nitrogens is 1. The molecule has 0 aliphatic heterocycles. The van der Waals surface area contributed by atoms with Gasteiger partial charge in [0.1, 0.15) is 6.10 Å². The maximum atomic E-state index is 12.5. The van der Waals surface area contributed by atoms with Crippen LogP contribution >= 0.6 is 0 Å². The average molecular weight is 345 g/mol. The van der Waals surface area contributed by atoms with Gasteiger partial charge in [0.25, 0.3) is 10.1 Å². The Morgan fingerprint density at radius 1 is 1.09 bits per heavy atom. The predicted octanol–water partition coefficient (Wildman–Crippen LogP) is 3.88. The van der Waals surface area contributed by atoms with Crippen molar-refractivity contribution in [2.24, 2.45) is 0 Å². The second-order valence-corrected chi connectivity index (χ2v) is 6.55. The maximum absolute atomic E-state index is 12.5. The summed E-state index contributed by atoms with van der Waals surface area (Å²) in [4.78, 5) is 3.60. The van der Waals surface area contributed by atoms with Gasteiger partial charge in [-0.2, -0.15) is 21.6 Å². The fourth-order valence-corrected chi connectivity index (χ4v) is 2.87. The molecule has 0 amide bonds. The molecule has 1 unspecified atom stereocenters. The van der Waals surface area contributed by atoms with Gasteiger partial charge < -0.3 is 0 Å². The highest BCUT2D eigenvalue weighted by molar-refractivity contribution is 7.86. The summed E-state index contributed by atoms with van der Waals surface area (Å²) in [6.45, 7) is 3.22. The standard InChI is InChI=1S/C15H14F3NO3S/c1-10-3-6-13(7-4-10)23(20,21)22-11(2)14-8-5-12(9-19-14)15(16,17)18/h3-9,11H,1-2H3. The highest BCUT2D eigenvalue weighted by atomic mass is 32.2. The van der Waals surface area contributed by atoms with Crippen molar-refractivity contribution in [3.63, 3.8) is 0 Å². The van der Waals surface area contributed by atoms with Crippen molar-refractivity contribution in [2.75, 3.05) is 0 Å². The Kier molecular flexibility index (Phi) is 4.76. The van der Waals surface area contributed by atoms with Gasteiger partial charge in [-0.05, 0) is 38.1 Å². The van der Waals surface area contributed by atoms with E-state index in [9.17, 15) is 21.6 Å². The van der Waals surface area contributed by atoms with Gasteiger partial charge in [-0.1, -0.05) is 17.7 Å². The fraction of sp³-hybridized carbons (Fsp3) is 0.267. The minimum Gasteiger partial charge on any atom is -0.258 e. The predicted molar refractivity (Wildman–Crippen MR) is 77.1 cm³/mol. The first-order valence-corrected chi connectivity index (χ1v) is 8.03. The van der Waals surface area contributed by atoms with Gasteiger partial charge in [-0.15, -0.1) is 0 Å². The van der Waals surface area contributed by atoms with E-state index in [0.29, 0.717) is 6.20 Å². The van der Waals surface area contributed by atoms with E-state index in [2.05, 4.69) is 4.98 Å². The Bertz CT molecular complexity index is 769. The van der Waals surface area contributed by atoms with Crippen LogP contribution < -0.4 is 0 Å². The largest absolute Gasteiger partial charge is 0.417 e. The number of rotatable bonds is 4. The number of aryl methyl sites for hydroxylation is 1. The number of pyridine rings is 1. The number of nitrogens with zero attached hydrogens (tertiary/aromatic N) is 1. The molecule has 0 aliphatic rings. The fourth-order valence-electron chi connectivity index (χ4n) is 1.81. The molecule has 0 radical (unpaired) electrons. The van der Waals surface area contributed by atoms with Gasteiger partial charge in [0.2, 0.25) is 0 Å². The first-order chi connectivity index (χ1) is 10.6. The third-order valence-corrected chi connectivity index (χ3v) is 4.50. The Labute approximate surface area is 132 Å². The molecule has 2 aromatic rings. The van der Waals surface area contributed by atoms with E-state index in [-0.39, 0.29) is 10.6 Å². The van der Waals surface area contributed by atoms with Gasteiger partial charge in [-0.3, -0.25) is 9.17 Å². The molecule has 1 atom stereocenters. The molecule has 4 nitrogen and oxygen atoms in total. The van der Waals surface area contributed by atoms with E-state index < -0.39 is 28.0 Å². The summed E-state index contributed by atoms with van der Waals surface area (Å²) in [5.74, 6) is 0. The number of halogens is 3. The Balaban J connectivity index is 2.18. The third-order valence-electron chi connectivity index (χ3n) is 3.11.